The van der Waals surface area contributed by atoms with Crippen LogP contribution < -0.4 is 5.43 Å². The normalized spacial score (nSPS) is 11.8. The van der Waals surface area contributed by atoms with Crippen LogP contribution in [-0.2, 0) is 21.4 Å². The quantitative estimate of drug-likeness (QED) is 0.394. The van der Waals surface area contributed by atoms with E-state index in [2.05, 4.69) is 10.5 Å². The van der Waals surface area contributed by atoms with Gasteiger partial charge in [0.25, 0.3) is 5.91 Å². The lowest BCUT2D eigenvalue weighted by atomic mass is 10.2. The fourth-order valence-electron chi connectivity index (χ4n) is 2.85. The molecule has 6 nitrogen and oxygen atoms in total. The van der Waals surface area contributed by atoms with Gasteiger partial charge in [-0.1, -0.05) is 53.6 Å². The molecule has 32 heavy (non-hydrogen) atoms. The lowest BCUT2D eigenvalue weighted by Gasteiger charge is -2.21. The Hall–Kier alpha value is -3.07. The zero-order valence-corrected chi connectivity index (χ0v) is 18.8. The van der Waals surface area contributed by atoms with E-state index in [0.717, 1.165) is 9.87 Å². The first-order valence-corrected chi connectivity index (χ1v) is 11.4. The van der Waals surface area contributed by atoms with Gasteiger partial charge in [-0.25, -0.2) is 18.2 Å². The van der Waals surface area contributed by atoms with Gasteiger partial charge in [-0.05, 0) is 54.4 Å². The summed E-state index contributed by atoms with van der Waals surface area (Å²) in [6.07, 6.45) is 1.34. The summed E-state index contributed by atoms with van der Waals surface area (Å²) in [6.45, 7) is 1.35. The van der Waals surface area contributed by atoms with Gasteiger partial charge >= 0.3 is 0 Å². The van der Waals surface area contributed by atoms with Crippen molar-refractivity contribution in [3.05, 3.63) is 100 Å². The average molecular weight is 474 g/mol. The minimum Gasteiger partial charge on any atom is -0.272 e. The number of halogens is 2. The highest BCUT2D eigenvalue weighted by Crippen LogP contribution is 2.20. The number of rotatable bonds is 8. The first-order valence-electron chi connectivity index (χ1n) is 9.63. The second-order valence-corrected chi connectivity index (χ2v) is 9.44. The number of nitrogens with one attached hydrogen (secondary N) is 1. The molecule has 0 aromatic heterocycles. The number of sulfonamides is 1. The van der Waals surface area contributed by atoms with Gasteiger partial charge in [-0.15, -0.1) is 0 Å². The minimum absolute atomic E-state index is 0.0497. The average Bonchev–Trinajstić information content (AvgIpc) is 2.75. The van der Waals surface area contributed by atoms with E-state index in [9.17, 15) is 17.6 Å². The number of nitrogens with zero attached hydrogens (tertiary/aromatic N) is 2. The number of hydrogen-bond acceptors (Lipinski definition) is 4. The Morgan fingerprint density at radius 1 is 1.09 bits per heavy atom. The fraction of sp³-hybridized carbons (Fsp3) is 0.130. The molecule has 1 amide bonds. The van der Waals surface area contributed by atoms with Crippen molar-refractivity contribution in [2.75, 3.05) is 6.54 Å². The Kier molecular flexibility index (Phi) is 7.74. The van der Waals surface area contributed by atoms with E-state index in [-0.39, 0.29) is 17.3 Å². The van der Waals surface area contributed by atoms with Crippen LogP contribution in [0.5, 0.6) is 0 Å². The smallest absolute Gasteiger partial charge is 0.255 e. The van der Waals surface area contributed by atoms with Gasteiger partial charge in [0.2, 0.25) is 10.0 Å². The first-order chi connectivity index (χ1) is 15.2. The van der Waals surface area contributed by atoms with Crippen molar-refractivity contribution < 1.29 is 17.6 Å². The SMILES string of the molecule is Cc1ccc(S(=O)(=O)N(CC(=O)N/N=C\c2ccc(F)cc2)Cc2cccc(Cl)c2)cc1. The van der Waals surface area contributed by atoms with E-state index >= 15 is 0 Å². The van der Waals surface area contributed by atoms with E-state index in [0.29, 0.717) is 16.1 Å². The molecule has 0 atom stereocenters. The second-order valence-electron chi connectivity index (χ2n) is 7.06. The molecule has 166 valence electrons. The molecule has 0 heterocycles. The topological polar surface area (TPSA) is 78.8 Å². The molecule has 0 aliphatic heterocycles. The second kappa shape index (κ2) is 10.5. The van der Waals surface area contributed by atoms with Gasteiger partial charge in [0.05, 0.1) is 17.7 Å². The van der Waals surface area contributed by atoms with Crippen molar-refractivity contribution in [2.24, 2.45) is 5.10 Å². The van der Waals surface area contributed by atoms with Crippen LogP contribution in [0.15, 0.2) is 82.8 Å². The molecule has 0 saturated heterocycles. The van der Waals surface area contributed by atoms with Crippen LogP contribution in [0.4, 0.5) is 4.39 Å². The van der Waals surface area contributed by atoms with Crippen LogP contribution in [0.25, 0.3) is 0 Å². The van der Waals surface area contributed by atoms with Crippen LogP contribution in [0.3, 0.4) is 0 Å². The molecular weight excluding hydrogens is 453 g/mol. The molecule has 0 aliphatic carbocycles. The third-order valence-electron chi connectivity index (χ3n) is 4.50. The lowest BCUT2D eigenvalue weighted by molar-refractivity contribution is -0.121. The molecule has 0 saturated carbocycles. The summed E-state index contributed by atoms with van der Waals surface area (Å²) in [4.78, 5) is 12.5. The minimum atomic E-state index is -3.97. The molecule has 0 fully saturated rings. The Balaban J connectivity index is 1.79. The van der Waals surface area contributed by atoms with Gasteiger partial charge in [0.15, 0.2) is 0 Å². The van der Waals surface area contributed by atoms with Gasteiger partial charge in [0, 0.05) is 11.6 Å². The highest BCUT2D eigenvalue weighted by atomic mass is 35.5. The fourth-order valence-corrected chi connectivity index (χ4v) is 4.44. The zero-order chi connectivity index (χ0) is 23.1. The van der Waals surface area contributed by atoms with Crippen molar-refractivity contribution in [2.45, 2.75) is 18.4 Å². The van der Waals surface area contributed by atoms with E-state index in [1.807, 2.05) is 6.92 Å². The predicted octanol–water partition coefficient (Wildman–Crippen LogP) is 4.13. The molecular formula is C23H21ClFN3O3S. The number of amides is 1. The maximum Gasteiger partial charge on any atom is 0.255 e. The number of hydrazone groups is 1. The van der Waals surface area contributed by atoms with Crippen LogP contribution >= 0.6 is 11.6 Å². The summed E-state index contributed by atoms with van der Waals surface area (Å²) in [5.74, 6) is -1.01. The highest BCUT2D eigenvalue weighted by Gasteiger charge is 2.27. The van der Waals surface area contributed by atoms with Gasteiger partial charge in [0.1, 0.15) is 5.82 Å². The lowest BCUT2D eigenvalue weighted by Crippen LogP contribution is -2.39. The van der Waals surface area contributed by atoms with Crippen LogP contribution in [0.1, 0.15) is 16.7 Å². The number of benzene rings is 3. The van der Waals surface area contributed by atoms with E-state index in [1.165, 1.54) is 42.6 Å². The van der Waals surface area contributed by atoms with Gasteiger partial charge < -0.3 is 0 Å². The number of carbonyl (C=O) groups is 1. The molecule has 9 heteroatoms. The maximum atomic E-state index is 13.2. The summed E-state index contributed by atoms with van der Waals surface area (Å²) in [6, 6.07) is 18.7. The Morgan fingerprint density at radius 2 is 1.78 bits per heavy atom. The Morgan fingerprint density at radius 3 is 2.44 bits per heavy atom. The van der Waals surface area contributed by atoms with Crippen molar-refractivity contribution in [1.29, 1.82) is 0 Å². The van der Waals surface area contributed by atoms with E-state index in [4.69, 9.17) is 11.6 Å². The number of hydrogen-bond donors (Lipinski definition) is 1. The standard InChI is InChI=1S/C23H21ClFN3O3S/c1-17-5-11-22(12-6-17)32(30,31)28(15-19-3-2-4-20(24)13-19)16-23(29)27-26-14-18-7-9-21(25)10-8-18/h2-14H,15-16H2,1H3,(H,27,29)/b26-14-. The third-order valence-corrected chi connectivity index (χ3v) is 6.54. The van der Waals surface area contributed by atoms with Crippen molar-refractivity contribution in [3.8, 4) is 0 Å². The monoisotopic (exact) mass is 473 g/mol. The Bertz CT molecular complexity index is 1210. The molecule has 0 unspecified atom stereocenters. The molecule has 3 rings (SSSR count). The van der Waals surface area contributed by atoms with Crippen LogP contribution in [-0.4, -0.2) is 31.4 Å². The molecule has 0 spiro atoms. The van der Waals surface area contributed by atoms with Gasteiger partial charge in [-0.3, -0.25) is 4.79 Å². The summed E-state index contributed by atoms with van der Waals surface area (Å²) in [5, 5.41) is 4.28. The van der Waals surface area contributed by atoms with Crippen LogP contribution in [0, 0.1) is 12.7 Å². The molecule has 0 aliphatic rings. The van der Waals surface area contributed by atoms with E-state index < -0.39 is 22.5 Å². The van der Waals surface area contributed by atoms with Crippen molar-refractivity contribution >= 4 is 33.7 Å². The summed E-state index contributed by atoms with van der Waals surface area (Å²) < 4.78 is 40.5. The van der Waals surface area contributed by atoms with Crippen molar-refractivity contribution in [3.63, 3.8) is 0 Å². The number of aryl methyl sites for hydroxylation is 1. The zero-order valence-electron chi connectivity index (χ0n) is 17.2. The Labute approximate surface area is 191 Å². The predicted molar refractivity (Wildman–Crippen MR) is 122 cm³/mol. The molecule has 0 radical (unpaired) electrons. The molecule has 3 aromatic rings. The maximum absolute atomic E-state index is 13.2. The number of carbonyl (C=O) groups excluding carboxylic acids is 1. The summed E-state index contributed by atoms with van der Waals surface area (Å²) in [5.41, 5.74) is 4.44. The third kappa shape index (κ3) is 6.46. The summed E-state index contributed by atoms with van der Waals surface area (Å²) >= 11 is 6.03. The van der Waals surface area contributed by atoms with Gasteiger partial charge in [-0.2, -0.15) is 9.41 Å². The molecule has 1 N–H and O–H groups in total. The van der Waals surface area contributed by atoms with Crippen molar-refractivity contribution in [1.82, 2.24) is 9.73 Å². The summed E-state index contributed by atoms with van der Waals surface area (Å²) in [7, 11) is -3.97. The highest BCUT2D eigenvalue weighted by molar-refractivity contribution is 7.89. The van der Waals surface area contributed by atoms with Crippen LogP contribution in [0.2, 0.25) is 5.02 Å². The molecule has 0 bridgehead atoms. The van der Waals surface area contributed by atoms with E-state index in [1.54, 1.807) is 36.4 Å². The molecule has 3 aromatic carbocycles. The first kappa shape index (κ1) is 23.6. The largest absolute Gasteiger partial charge is 0.272 e.